The zero-order chi connectivity index (χ0) is 24.1. The number of methoxy groups -OCH3 is 1. The number of aromatic nitrogens is 1. The summed E-state index contributed by atoms with van der Waals surface area (Å²) in [6.07, 6.45) is 1.48. The predicted octanol–water partition coefficient (Wildman–Crippen LogP) is 2.27. The molecule has 172 valence electrons. The maximum atomic E-state index is 12.7. The van der Waals surface area contributed by atoms with Crippen molar-refractivity contribution in [2.45, 2.75) is 19.8 Å². The molecule has 2 amide bonds. The lowest BCUT2D eigenvalue weighted by Gasteiger charge is -2.20. The lowest BCUT2D eigenvalue weighted by Crippen LogP contribution is -2.29. The average molecular weight is 451 g/mol. The van der Waals surface area contributed by atoms with E-state index in [4.69, 9.17) is 9.84 Å². The van der Waals surface area contributed by atoms with Gasteiger partial charge < -0.3 is 30.2 Å². The fourth-order valence-corrected chi connectivity index (χ4v) is 3.57. The average Bonchev–Trinajstić information content (AvgIpc) is 2.79. The Morgan fingerprint density at radius 2 is 1.82 bits per heavy atom. The molecule has 3 aromatic rings. The van der Waals surface area contributed by atoms with Gasteiger partial charge in [-0.05, 0) is 36.6 Å². The normalized spacial score (nSPS) is 10.5. The summed E-state index contributed by atoms with van der Waals surface area (Å²) < 4.78 is 6.84. The number of benzene rings is 2. The SMILES string of the molecule is COc1c(-c2ccccc2)ccc(NC(=O)Nc2c([O-])c(C)cn(C)c2=O)c1CCC(=O)[OH2+]. The number of ether oxygens (including phenoxy) is 1. The highest BCUT2D eigenvalue weighted by molar-refractivity contribution is 6.01. The zero-order valence-corrected chi connectivity index (χ0v) is 18.5. The van der Waals surface area contributed by atoms with Crippen LogP contribution in [0.15, 0.2) is 53.5 Å². The molecule has 0 saturated carbocycles. The molecule has 2 aromatic carbocycles. The fourth-order valence-electron chi connectivity index (χ4n) is 3.57. The summed E-state index contributed by atoms with van der Waals surface area (Å²) in [7, 11) is 2.97. The molecule has 0 atom stereocenters. The lowest BCUT2D eigenvalue weighted by molar-refractivity contribution is -0.268. The van der Waals surface area contributed by atoms with Gasteiger partial charge in [-0.25, -0.2) is 4.79 Å². The van der Waals surface area contributed by atoms with Gasteiger partial charge in [0.1, 0.15) is 17.9 Å². The first kappa shape index (κ1) is 23.4. The van der Waals surface area contributed by atoms with Crippen LogP contribution in [-0.2, 0) is 18.3 Å². The van der Waals surface area contributed by atoms with Gasteiger partial charge in [-0.2, -0.15) is 0 Å². The second-order valence-electron chi connectivity index (χ2n) is 7.47. The van der Waals surface area contributed by atoms with E-state index in [1.54, 1.807) is 19.1 Å². The predicted molar refractivity (Wildman–Crippen MR) is 124 cm³/mol. The molecule has 33 heavy (non-hydrogen) atoms. The van der Waals surface area contributed by atoms with Crippen LogP contribution < -0.4 is 26.0 Å². The van der Waals surface area contributed by atoms with Crippen molar-refractivity contribution in [2.24, 2.45) is 7.05 Å². The van der Waals surface area contributed by atoms with E-state index in [0.717, 1.165) is 11.1 Å². The number of amides is 2. The minimum Gasteiger partial charge on any atom is -0.871 e. The van der Waals surface area contributed by atoms with Crippen LogP contribution in [0.25, 0.3) is 11.1 Å². The van der Waals surface area contributed by atoms with Crippen LogP contribution in [0, 0.1) is 6.92 Å². The first-order valence-electron chi connectivity index (χ1n) is 10.2. The largest absolute Gasteiger partial charge is 0.871 e. The second kappa shape index (κ2) is 9.90. The van der Waals surface area contributed by atoms with Crippen molar-refractivity contribution >= 4 is 23.4 Å². The maximum Gasteiger partial charge on any atom is 0.516 e. The number of nitrogens with one attached hydrogen (secondary N) is 2. The van der Waals surface area contributed by atoms with Gasteiger partial charge >= 0.3 is 12.0 Å². The van der Waals surface area contributed by atoms with Crippen LogP contribution in [0.1, 0.15) is 17.5 Å². The van der Waals surface area contributed by atoms with Crippen LogP contribution in [0.5, 0.6) is 11.5 Å². The van der Waals surface area contributed by atoms with Crippen LogP contribution in [0.3, 0.4) is 0 Å². The summed E-state index contributed by atoms with van der Waals surface area (Å²) in [6, 6.07) is 12.1. The Labute approximate surface area is 190 Å². The third-order valence-electron chi connectivity index (χ3n) is 5.14. The molecule has 1 heterocycles. The van der Waals surface area contributed by atoms with E-state index in [-0.39, 0.29) is 18.5 Å². The molecular formula is C24H25N3O6. The van der Waals surface area contributed by atoms with Crippen LogP contribution in [0.4, 0.5) is 16.2 Å². The van der Waals surface area contributed by atoms with Crippen molar-refractivity contribution in [1.82, 2.24) is 4.57 Å². The summed E-state index contributed by atoms with van der Waals surface area (Å²) in [4.78, 5) is 36.4. The summed E-state index contributed by atoms with van der Waals surface area (Å²) >= 11 is 0. The molecule has 4 N–H and O–H groups in total. The van der Waals surface area contributed by atoms with Gasteiger partial charge in [0.25, 0.3) is 5.56 Å². The first-order valence-corrected chi connectivity index (χ1v) is 10.2. The third kappa shape index (κ3) is 5.15. The minimum atomic E-state index is -0.789. The standard InChI is InChI=1S/C24H25N3O6/c1-14-13-27(2)23(31)20(21(14)30)26-24(32)25-18-11-9-16(15-7-5-4-6-8-15)22(33-3)17(18)10-12-19(28)29/h4-9,11,13,30H,10,12H2,1-3H3,(H,28,29)(H2,25,26,32). The lowest BCUT2D eigenvalue weighted by atomic mass is 9.97. The van der Waals surface area contributed by atoms with E-state index in [1.165, 1.54) is 24.9 Å². The van der Waals surface area contributed by atoms with Crippen molar-refractivity contribution in [3.05, 3.63) is 70.1 Å². The van der Waals surface area contributed by atoms with Gasteiger partial charge in [0.05, 0.1) is 7.11 Å². The van der Waals surface area contributed by atoms with Crippen molar-refractivity contribution in [3.63, 3.8) is 0 Å². The molecule has 0 unspecified atom stereocenters. The highest BCUT2D eigenvalue weighted by Gasteiger charge is 2.20. The molecule has 1 aromatic heterocycles. The molecule has 0 spiro atoms. The molecule has 0 aliphatic carbocycles. The number of pyridine rings is 1. The molecule has 3 rings (SSSR count). The van der Waals surface area contributed by atoms with Crippen molar-refractivity contribution in [1.29, 1.82) is 0 Å². The van der Waals surface area contributed by atoms with Gasteiger partial charge in [-0.1, -0.05) is 36.1 Å². The number of anilines is 2. The minimum absolute atomic E-state index is 0.0754. The monoisotopic (exact) mass is 451 g/mol. The van der Waals surface area contributed by atoms with Gasteiger partial charge in [-0.15, -0.1) is 0 Å². The number of hydrogen-bond donors (Lipinski definition) is 2. The Balaban J connectivity index is 1.99. The Hall–Kier alpha value is -4.27. The van der Waals surface area contributed by atoms with Crippen LogP contribution in [-0.4, -0.2) is 28.8 Å². The zero-order valence-electron chi connectivity index (χ0n) is 18.5. The van der Waals surface area contributed by atoms with Gasteiger partial charge in [0.2, 0.25) is 0 Å². The number of carbonyl (C=O) groups is 2. The molecule has 0 bridgehead atoms. The smallest absolute Gasteiger partial charge is 0.516 e. The van der Waals surface area contributed by atoms with E-state index in [2.05, 4.69) is 10.6 Å². The van der Waals surface area contributed by atoms with Gasteiger partial charge in [-0.3, -0.25) is 4.79 Å². The van der Waals surface area contributed by atoms with E-state index in [1.807, 2.05) is 30.3 Å². The number of nitrogens with zero attached hydrogens (tertiary/aromatic N) is 1. The van der Waals surface area contributed by atoms with E-state index < -0.39 is 23.3 Å². The van der Waals surface area contributed by atoms with Crippen molar-refractivity contribution in [3.8, 4) is 22.6 Å². The number of aryl methyl sites for hydroxylation is 2. The molecule has 0 fully saturated rings. The Kier molecular flexibility index (Phi) is 7.02. The molecule has 0 aliphatic rings. The molecule has 0 aliphatic heterocycles. The highest BCUT2D eigenvalue weighted by Crippen LogP contribution is 2.38. The summed E-state index contributed by atoms with van der Waals surface area (Å²) in [5.74, 6) is -0.863. The Morgan fingerprint density at radius 1 is 1.12 bits per heavy atom. The quantitative estimate of drug-likeness (QED) is 0.531. The van der Waals surface area contributed by atoms with Gasteiger partial charge in [0, 0.05) is 34.9 Å². The summed E-state index contributed by atoms with van der Waals surface area (Å²) in [6.45, 7) is 1.55. The molecule has 9 nitrogen and oxygen atoms in total. The summed E-state index contributed by atoms with van der Waals surface area (Å²) in [5.41, 5.74) is 1.82. The third-order valence-corrected chi connectivity index (χ3v) is 5.14. The maximum absolute atomic E-state index is 12.7. The fraction of sp³-hybridized carbons (Fsp3) is 0.208. The molecule has 9 heteroatoms. The van der Waals surface area contributed by atoms with E-state index in [9.17, 15) is 19.5 Å². The van der Waals surface area contributed by atoms with E-state index >= 15 is 0 Å². The van der Waals surface area contributed by atoms with Gasteiger partial charge in [0.15, 0.2) is 0 Å². The van der Waals surface area contributed by atoms with E-state index in [0.29, 0.717) is 22.6 Å². The first-order chi connectivity index (χ1) is 15.7. The highest BCUT2D eigenvalue weighted by atomic mass is 16.5. The van der Waals surface area contributed by atoms with Crippen molar-refractivity contribution < 1.29 is 24.5 Å². The second-order valence-corrected chi connectivity index (χ2v) is 7.47. The molecular weight excluding hydrogens is 426 g/mol. The van der Waals surface area contributed by atoms with Crippen molar-refractivity contribution in [2.75, 3.05) is 17.7 Å². The van der Waals surface area contributed by atoms with Crippen LogP contribution >= 0.6 is 0 Å². The molecule has 0 saturated heterocycles. The number of hydrogen-bond acceptors (Lipinski definition) is 5. The topological polar surface area (TPSA) is 135 Å². The Bertz CT molecular complexity index is 1250. The van der Waals surface area contributed by atoms with Crippen LogP contribution in [0.2, 0.25) is 0 Å². The summed E-state index contributed by atoms with van der Waals surface area (Å²) in [5, 5.41) is 24.6. The Morgan fingerprint density at radius 3 is 2.45 bits per heavy atom. The number of urea groups is 1. The number of rotatable bonds is 7. The number of carbonyl (C=O) groups excluding carboxylic acids is 2. The molecule has 0 radical (unpaired) electrons.